The Balaban J connectivity index is 1.61. The molecule has 2 N–H and O–H groups in total. The van der Waals surface area contributed by atoms with Crippen LogP contribution >= 0.6 is 0 Å². The van der Waals surface area contributed by atoms with Gasteiger partial charge in [0.05, 0.1) is 5.56 Å². The first-order chi connectivity index (χ1) is 8.45. The molecule has 2 unspecified atom stereocenters. The van der Waals surface area contributed by atoms with Gasteiger partial charge < -0.3 is 5.73 Å². The normalized spacial score (nSPS) is 31.4. The maximum absolute atomic E-state index is 12.4. The SMILES string of the molecule is NC1C2CN(Cc3ccc(C(F)(F)F)cc3)CC12. The molecule has 2 atom stereocenters. The van der Waals surface area contributed by atoms with Gasteiger partial charge in [-0.3, -0.25) is 4.90 Å². The number of fused-ring (bicyclic) bond motifs is 1. The molecule has 0 spiro atoms. The number of nitrogens with zero attached hydrogens (tertiary/aromatic N) is 1. The number of hydrogen-bond acceptors (Lipinski definition) is 2. The molecule has 1 aliphatic carbocycles. The van der Waals surface area contributed by atoms with Crippen molar-refractivity contribution < 1.29 is 13.2 Å². The third kappa shape index (κ3) is 2.12. The number of nitrogens with two attached hydrogens (primary N) is 1. The van der Waals surface area contributed by atoms with Gasteiger partial charge in [0.25, 0.3) is 0 Å². The third-order valence-electron chi connectivity index (χ3n) is 4.02. The molecule has 0 aromatic heterocycles. The zero-order chi connectivity index (χ0) is 12.9. The van der Waals surface area contributed by atoms with Gasteiger partial charge in [0.1, 0.15) is 0 Å². The quantitative estimate of drug-likeness (QED) is 0.878. The fraction of sp³-hybridized carbons (Fsp3) is 0.538. The van der Waals surface area contributed by atoms with Crippen molar-refractivity contribution in [3.05, 3.63) is 35.4 Å². The van der Waals surface area contributed by atoms with Gasteiger partial charge in [0, 0.05) is 25.7 Å². The Bertz CT molecular complexity index is 429. The largest absolute Gasteiger partial charge is 0.416 e. The van der Waals surface area contributed by atoms with Crippen LogP contribution in [-0.2, 0) is 12.7 Å². The van der Waals surface area contributed by atoms with E-state index in [1.807, 2.05) is 0 Å². The van der Waals surface area contributed by atoms with Crippen LogP contribution < -0.4 is 5.73 Å². The first kappa shape index (κ1) is 12.0. The van der Waals surface area contributed by atoms with Crippen LogP contribution in [0.15, 0.2) is 24.3 Å². The van der Waals surface area contributed by atoms with E-state index in [0.29, 0.717) is 17.9 Å². The van der Waals surface area contributed by atoms with Crippen LogP contribution in [0.2, 0.25) is 0 Å². The van der Waals surface area contributed by atoms with Crippen LogP contribution in [0.5, 0.6) is 0 Å². The number of rotatable bonds is 2. The average molecular weight is 256 g/mol. The van der Waals surface area contributed by atoms with E-state index in [9.17, 15) is 13.2 Å². The average Bonchev–Trinajstić information content (AvgIpc) is 2.75. The Labute approximate surface area is 104 Å². The number of hydrogen-bond donors (Lipinski definition) is 1. The third-order valence-corrected chi connectivity index (χ3v) is 4.02. The predicted octanol–water partition coefficient (Wildman–Crippen LogP) is 2.09. The Hall–Kier alpha value is -1.07. The first-order valence-corrected chi connectivity index (χ1v) is 6.09. The van der Waals surface area contributed by atoms with Crippen LogP contribution in [0.25, 0.3) is 0 Å². The smallest absolute Gasteiger partial charge is 0.327 e. The molecule has 3 rings (SSSR count). The molecular weight excluding hydrogens is 241 g/mol. The second-order valence-corrected chi connectivity index (χ2v) is 5.29. The lowest BCUT2D eigenvalue weighted by Crippen LogP contribution is -2.27. The van der Waals surface area contributed by atoms with Crippen molar-refractivity contribution in [2.45, 2.75) is 18.8 Å². The van der Waals surface area contributed by atoms with E-state index in [1.165, 1.54) is 0 Å². The molecule has 1 saturated carbocycles. The van der Waals surface area contributed by atoms with Crippen molar-refractivity contribution in [2.75, 3.05) is 13.1 Å². The van der Waals surface area contributed by atoms with Crippen molar-refractivity contribution in [1.82, 2.24) is 4.90 Å². The summed E-state index contributed by atoms with van der Waals surface area (Å²) in [5, 5.41) is 0. The second-order valence-electron chi connectivity index (χ2n) is 5.29. The molecule has 1 aromatic carbocycles. The van der Waals surface area contributed by atoms with Crippen LogP contribution in [0.3, 0.4) is 0 Å². The van der Waals surface area contributed by atoms with Crippen LogP contribution in [0, 0.1) is 11.8 Å². The highest BCUT2D eigenvalue weighted by atomic mass is 19.4. The van der Waals surface area contributed by atoms with Crippen LogP contribution in [0.4, 0.5) is 13.2 Å². The molecule has 98 valence electrons. The van der Waals surface area contributed by atoms with Crippen molar-refractivity contribution in [2.24, 2.45) is 17.6 Å². The van der Waals surface area contributed by atoms with Gasteiger partial charge in [-0.05, 0) is 29.5 Å². The molecule has 2 aliphatic rings. The zero-order valence-electron chi connectivity index (χ0n) is 9.82. The van der Waals surface area contributed by atoms with Gasteiger partial charge >= 0.3 is 6.18 Å². The number of piperidine rings is 1. The highest BCUT2D eigenvalue weighted by Gasteiger charge is 2.53. The molecule has 0 radical (unpaired) electrons. The lowest BCUT2D eigenvalue weighted by molar-refractivity contribution is -0.137. The van der Waals surface area contributed by atoms with Gasteiger partial charge in [-0.25, -0.2) is 0 Å². The summed E-state index contributed by atoms with van der Waals surface area (Å²) in [6.07, 6.45) is -4.25. The van der Waals surface area contributed by atoms with E-state index in [0.717, 1.165) is 37.3 Å². The summed E-state index contributed by atoms with van der Waals surface area (Å²) in [6.45, 7) is 2.68. The van der Waals surface area contributed by atoms with Crippen molar-refractivity contribution in [1.29, 1.82) is 0 Å². The minimum absolute atomic E-state index is 0.355. The number of alkyl halides is 3. The Kier molecular flexibility index (Phi) is 2.64. The van der Waals surface area contributed by atoms with Crippen LogP contribution in [-0.4, -0.2) is 24.0 Å². The lowest BCUT2D eigenvalue weighted by atomic mass is 10.1. The standard InChI is InChI=1S/C13H15F3N2/c14-13(15,16)9-3-1-8(2-4-9)5-18-6-10-11(7-18)12(10)17/h1-4,10-12H,5-7,17H2. The minimum atomic E-state index is -4.25. The summed E-state index contributed by atoms with van der Waals surface area (Å²) >= 11 is 0. The topological polar surface area (TPSA) is 29.3 Å². The van der Waals surface area contributed by atoms with E-state index < -0.39 is 11.7 Å². The highest BCUT2D eigenvalue weighted by molar-refractivity contribution is 5.25. The molecule has 2 nitrogen and oxygen atoms in total. The van der Waals surface area contributed by atoms with Crippen molar-refractivity contribution >= 4 is 0 Å². The van der Waals surface area contributed by atoms with Crippen molar-refractivity contribution in [3.8, 4) is 0 Å². The fourth-order valence-corrected chi connectivity index (χ4v) is 2.85. The van der Waals surface area contributed by atoms with Gasteiger partial charge in [-0.1, -0.05) is 12.1 Å². The Morgan fingerprint density at radius 3 is 2.17 bits per heavy atom. The molecular formula is C13H15F3N2. The summed E-state index contributed by atoms with van der Waals surface area (Å²) in [6, 6.07) is 5.78. The van der Waals surface area contributed by atoms with E-state index >= 15 is 0 Å². The molecule has 18 heavy (non-hydrogen) atoms. The maximum atomic E-state index is 12.4. The van der Waals surface area contributed by atoms with Crippen molar-refractivity contribution in [3.63, 3.8) is 0 Å². The fourth-order valence-electron chi connectivity index (χ4n) is 2.85. The summed E-state index contributed by atoms with van der Waals surface area (Å²) in [7, 11) is 0. The van der Waals surface area contributed by atoms with E-state index in [1.54, 1.807) is 12.1 Å². The van der Waals surface area contributed by atoms with E-state index in [-0.39, 0.29) is 0 Å². The van der Waals surface area contributed by atoms with E-state index in [4.69, 9.17) is 5.73 Å². The van der Waals surface area contributed by atoms with Gasteiger partial charge in [0.2, 0.25) is 0 Å². The molecule has 5 heteroatoms. The Morgan fingerprint density at radius 1 is 1.11 bits per heavy atom. The lowest BCUT2D eigenvalue weighted by Gasteiger charge is -2.18. The molecule has 1 aliphatic heterocycles. The Morgan fingerprint density at radius 2 is 1.67 bits per heavy atom. The molecule has 0 amide bonds. The first-order valence-electron chi connectivity index (χ1n) is 6.09. The maximum Gasteiger partial charge on any atom is 0.416 e. The van der Waals surface area contributed by atoms with E-state index in [2.05, 4.69) is 4.90 Å². The molecule has 1 saturated heterocycles. The number of benzene rings is 1. The molecule has 1 heterocycles. The van der Waals surface area contributed by atoms with Gasteiger partial charge in [-0.2, -0.15) is 13.2 Å². The number of halogens is 3. The second kappa shape index (κ2) is 3.96. The van der Waals surface area contributed by atoms with Gasteiger partial charge in [0.15, 0.2) is 0 Å². The summed E-state index contributed by atoms with van der Waals surface area (Å²) in [4.78, 5) is 2.27. The summed E-state index contributed by atoms with van der Waals surface area (Å²) in [5.41, 5.74) is 6.19. The zero-order valence-corrected chi connectivity index (χ0v) is 9.82. The van der Waals surface area contributed by atoms with Gasteiger partial charge in [-0.15, -0.1) is 0 Å². The van der Waals surface area contributed by atoms with Crippen LogP contribution in [0.1, 0.15) is 11.1 Å². The highest BCUT2D eigenvalue weighted by Crippen LogP contribution is 2.44. The predicted molar refractivity (Wildman–Crippen MR) is 61.7 cm³/mol. The minimum Gasteiger partial charge on any atom is -0.327 e. The summed E-state index contributed by atoms with van der Waals surface area (Å²) in [5.74, 6) is 1.22. The number of likely N-dealkylation sites (tertiary alicyclic amines) is 1. The molecule has 0 bridgehead atoms. The summed E-state index contributed by atoms with van der Waals surface area (Å²) < 4.78 is 37.2. The monoisotopic (exact) mass is 256 g/mol. The molecule has 1 aromatic rings. The molecule has 2 fully saturated rings.